The Kier molecular flexibility index (Phi) is 5.32. The molecule has 0 aliphatic rings. The minimum Gasteiger partial charge on any atom is -0.497 e. The van der Waals surface area contributed by atoms with Crippen LogP contribution in [-0.2, 0) is 6.54 Å². The van der Waals surface area contributed by atoms with Crippen molar-refractivity contribution in [3.05, 3.63) is 90.9 Å². The second kappa shape index (κ2) is 8.73. The van der Waals surface area contributed by atoms with Crippen LogP contribution in [0.15, 0.2) is 85.3 Å². The lowest BCUT2D eigenvalue weighted by Crippen LogP contribution is -2.03. The lowest BCUT2D eigenvalue weighted by molar-refractivity contribution is 0.415. The minimum absolute atomic E-state index is 0.438. The zero-order valence-electron chi connectivity index (χ0n) is 17.4. The summed E-state index contributed by atoms with van der Waals surface area (Å²) in [5.41, 5.74) is 3.97. The number of ether oxygens (including phenoxy) is 1. The van der Waals surface area contributed by atoms with Gasteiger partial charge in [0.05, 0.1) is 25.4 Å². The maximum Gasteiger partial charge on any atom is 0.232 e. The molecule has 5 rings (SSSR count). The Labute approximate surface area is 184 Å². The molecule has 0 spiro atoms. The maximum absolute atomic E-state index is 5.25. The van der Waals surface area contributed by atoms with Crippen LogP contribution >= 0.6 is 0 Å². The molecule has 0 aliphatic carbocycles. The van der Waals surface area contributed by atoms with Crippen LogP contribution in [0.2, 0.25) is 0 Å². The average Bonchev–Trinajstić information content (AvgIpc) is 3.22. The summed E-state index contributed by atoms with van der Waals surface area (Å²) in [7, 11) is 1.63. The van der Waals surface area contributed by atoms with Gasteiger partial charge in [-0.2, -0.15) is 10.1 Å². The van der Waals surface area contributed by atoms with Crippen molar-refractivity contribution in [2.24, 2.45) is 0 Å². The highest BCUT2D eigenvalue weighted by atomic mass is 16.5. The van der Waals surface area contributed by atoms with Gasteiger partial charge in [0.15, 0.2) is 0 Å². The molecular formula is C24H21N7O. The first kappa shape index (κ1) is 19.5. The monoisotopic (exact) mass is 423 g/mol. The van der Waals surface area contributed by atoms with Crippen molar-refractivity contribution in [3.63, 3.8) is 0 Å². The molecular weight excluding hydrogens is 402 g/mol. The van der Waals surface area contributed by atoms with Crippen molar-refractivity contribution in [3.8, 4) is 5.75 Å². The summed E-state index contributed by atoms with van der Waals surface area (Å²) in [4.78, 5) is 12.9. The second-order valence-electron chi connectivity index (χ2n) is 7.18. The van der Waals surface area contributed by atoms with E-state index in [1.807, 2.05) is 71.5 Å². The van der Waals surface area contributed by atoms with Crippen molar-refractivity contribution in [2.75, 3.05) is 17.7 Å². The molecule has 2 aromatic heterocycles. The number of nitrogens with zero attached hydrogens (tertiary/aromatic N) is 5. The zero-order valence-corrected chi connectivity index (χ0v) is 17.4. The van der Waals surface area contributed by atoms with E-state index in [0.717, 1.165) is 34.6 Å². The van der Waals surface area contributed by atoms with Gasteiger partial charge in [0.25, 0.3) is 0 Å². The van der Waals surface area contributed by atoms with Gasteiger partial charge in [-0.05, 0) is 35.9 Å². The number of benzene rings is 3. The third kappa shape index (κ3) is 4.34. The van der Waals surface area contributed by atoms with Crippen LogP contribution in [0.4, 0.5) is 23.3 Å². The summed E-state index contributed by atoms with van der Waals surface area (Å²) < 4.78 is 7.25. The molecule has 0 fully saturated rings. The number of nitrogens with one attached hydrogen (secondary N) is 2. The predicted octanol–water partition coefficient (Wildman–Crippen LogP) is 4.77. The molecule has 0 unspecified atom stereocenters. The van der Waals surface area contributed by atoms with E-state index in [1.54, 1.807) is 7.11 Å². The van der Waals surface area contributed by atoms with Gasteiger partial charge in [0, 0.05) is 22.8 Å². The van der Waals surface area contributed by atoms with E-state index in [2.05, 4.69) is 42.8 Å². The Morgan fingerprint density at radius 2 is 1.62 bits per heavy atom. The third-order valence-corrected chi connectivity index (χ3v) is 4.97. The Morgan fingerprint density at radius 1 is 0.844 bits per heavy atom. The van der Waals surface area contributed by atoms with Gasteiger partial charge in [0.2, 0.25) is 11.9 Å². The molecule has 0 atom stereocenters. The molecule has 0 saturated heterocycles. The fourth-order valence-corrected chi connectivity index (χ4v) is 3.42. The topological polar surface area (TPSA) is 89.8 Å². The Balaban J connectivity index is 1.32. The van der Waals surface area contributed by atoms with Crippen LogP contribution in [-0.4, -0.2) is 31.8 Å². The van der Waals surface area contributed by atoms with E-state index >= 15 is 0 Å². The van der Waals surface area contributed by atoms with Crippen molar-refractivity contribution < 1.29 is 4.74 Å². The van der Waals surface area contributed by atoms with E-state index in [4.69, 9.17) is 4.74 Å². The first-order chi connectivity index (χ1) is 15.8. The number of hydrogen-bond acceptors (Lipinski definition) is 7. The fraction of sp³-hybridized carbons (Fsp3) is 0.0833. The number of fused-ring (bicyclic) bond motifs is 1. The molecule has 2 N–H and O–H groups in total. The molecule has 0 radical (unpaired) electrons. The van der Waals surface area contributed by atoms with Crippen LogP contribution in [0, 0.1) is 0 Å². The molecule has 0 aliphatic heterocycles. The zero-order chi connectivity index (χ0) is 21.8. The third-order valence-electron chi connectivity index (χ3n) is 4.97. The van der Waals surface area contributed by atoms with E-state index < -0.39 is 0 Å². The average molecular weight is 423 g/mol. The highest BCUT2D eigenvalue weighted by Crippen LogP contribution is 2.23. The van der Waals surface area contributed by atoms with Crippen molar-refractivity contribution in [1.82, 2.24) is 24.7 Å². The van der Waals surface area contributed by atoms with Gasteiger partial charge in [-0.15, -0.1) is 0 Å². The minimum atomic E-state index is 0.438. The number of hydrogen-bond donors (Lipinski definition) is 2. The van der Waals surface area contributed by atoms with E-state index in [1.165, 1.54) is 11.9 Å². The molecule has 0 saturated carbocycles. The summed E-state index contributed by atoms with van der Waals surface area (Å²) in [5, 5.41) is 12.0. The highest BCUT2D eigenvalue weighted by Gasteiger charge is 2.07. The van der Waals surface area contributed by atoms with Gasteiger partial charge < -0.3 is 15.4 Å². The highest BCUT2D eigenvalue weighted by molar-refractivity contribution is 5.83. The number of methoxy groups -OCH3 is 1. The molecule has 2 heterocycles. The molecule has 5 aromatic rings. The van der Waals surface area contributed by atoms with E-state index in [9.17, 15) is 0 Å². The largest absolute Gasteiger partial charge is 0.497 e. The summed E-state index contributed by atoms with van der Waals surface area (Å²) in [6.45, 7) is 0.726. The number of rotatable bonds is 7. The van der Waals surface area contributed by atoms with Gasteiger partial charge in [0.1, 0.15) is 12.1 Å². The van der Waals surface area contributed by atoms with Crippen LogP contribution in [0.3, 0.4) is 0 Å². The van der Waals surface area contributed by atoms with Crippen LogP contribution in [0.5, 0.6) is 5.75 Å². The van der Waals surface area contributed by atoms with Crippen LogP contribution < -0.4 is 15.4 Å². The molecule has 32 heavy (non-hydrogen) atoms. The van der Waals surface area contributed by atoms with E-state index in [-0.39, 0.29) is 0 Å². The summed E-state index contributed by atoms with van der Waals surface area (Å²) in [6.07, 6.45) is 3.33. The molecule has 158 valence electrons. The predicted molar refractivity (Wildman–Crippen MR) is 125 cm³/mol. The lowest BCUT2D eigenvalue weighted by atomic mass is 10.2. The van der Waals surface area contributed by atoms with Crippen molar-refractivity contribution >= 4 is 34.2 Å². The van der Waals surface area contributed by atoms with Crippen molar-refractivity contribution in [1.29, 1.82) is 0 Å². The Hall–Kier alpha value is -4.46. The smallest absolute Gasteiger partial charge is 0.232 e. The van der Waals surface area contributed by atoms with Crippen LogP contribution in [0.25, 0.3) is 10.9 Å². The first-order valence-electron chi connectivity index (χ1n) is 10.1. The quantitative estimate of drug-likeness (QED) is 0.390. The second-order valence-corrected chi connectivity index (χ2v) is 7.18. The van der Waals surface area contributed by atoms with Crippen LogP contribution in [0.1, 0.15) is 5.56 Å². The molecule has 8 nitrogen and oxygen atoms in total. The van der Waals surface area contributed by atoms with Gasteiger partial charge in [-0.1, -0.05) is 36.4 Å². The van der Waals surface area contributed by atoms with E-state index in [0.29, 0.717) is 11.9 Å². The molecule has 0 amide bonds. The SMILES string of the molecule is COc1cccc(Nc2ncnc(Nc3ccc4c(cnn4Cc4ccccc4)c3)n2)c1. The molecule has 8 heteroatoms. The standard InChI is InChI=1S/C24H21N7O/c1-32-21-9-5-8-19(13-21)28-23-25-16-26-24(30-23)29-20-10-11-22-18(12-20)14-27-31(22)15-17-6-3-2-4-7-17/h2-14,16H,15H2,1H3,(H2,25,26,28,29,30). The number of anilines is 4. The van der Waals surface area contributed by atoms with Gasteiger partial charge in [-0.25, -0.2) is 9.97 Å². The first-order valence-corrected chi connectivity index (χ1v) is 10.1. The Morgan fingerprint density at radius 3 is 2.41 bits per heavy atom. The summed E-state index contributed by atoms with van der Waals surface area (Å²) in [5.74, 6) is 1.64. The summed E-state index contributed by atoms with van der Waals surface area (Å²) >= 11 is 0. The lowest BCUT2D eigenvalue weighted by Gasteiger charge is -2.09. The normalized spacial score (nSPS) is 10.8. The number of aromatic nitrogens is 5. The van der Waals surface area contributed by atoms with Crippen molar-refractivity contribution in [2.45, 2.75) is 6.54 Å². The van der Waals surface area contributed by atoms with Gasteiger partial charge in [-0.3, -0.25) is 4.68 Å². The van der Waals surface area contributed by atoms with Gasteiger partial charge >= 0.3 is 0 Å². The molecule has 3 aromatic carbocycles. The fourth-order valence-electron chi connectivity index (χ4n) is 3.42. The molecule has 0 bridgehead atoms. The Bertz CT molecular complexity index is 1350. The summed E-state index contributed by atoms with van der Waals surface area (Å²) in [6, 6.07) is 23.9. The maximum atomic E-state index is 5.25.